The second-order valence-corrected chi connectivity index (χ2v) is 9.01. The first-order valence-corrected chi connectivity index (χ1v) is 11.6. The topological polar surface area (TPSA) is 24.9 Å². The van der Waals surface area contributed by atoms with E-state index >= 15 is 0 Å². The van der Waals surface area contributed by atoms with E-state index in [1.807, 2.05) is 0 Å². The highest BCUT2D eigenvalue weighted by molar-refractivity contribution is 5.27. The Labute approximate surface area is 171 Å². The molecule has 0 amide bonds. The monoisotopic (exact) mass is 386 g/mol. The molecule has 3 fully saturated rings. The zero-order valence-electron chi connectivity index (χ0n) is 17.7. The van der Waals surface area contributed by atoms with E-state index in [1.165, 1.54) is 64.0 Å². The molecule has 1 aromatic carbocycles. The first-order chi connectivity index (χ1) is 13.8. The summed E-state index contributed by atoms with van der Waals surface area (Å²) in [6, 6.07) is 8.67. The molecule has 2 aliphatic heterocycles. The van der Waals surface area contributed by atoms with Crippen molar-refractivity contribution in [1.82, 2.24) is 9.80 Å². The van der Waals surface area contributed by atoms with E-state index in [2.05, 4.69) is 41.0 Å². The van der Waals surface area contributed by atoms with Crippen LogP contribution in [-0.4, -0.2) is 62.3 Å². The maximum atomic E-state index is 6.02. The Morgan fingerprint density at radius 3 is 2.39 bits per heavy atom. The number of fused-ring (bicyclic) bond motifs is 1. The Kier molecular flexibility index (Phi) is 7.27. The van der Waals surface area contributed by atoms with Crippen LogP contribution in [0.3, 0.4) is 0 Å². The summed E-state index contributed by atoms with van der Waals surface area (Å²) >= 11 is 0. The largest absolute Gasteiger partial charge is 0.494 e. The zero-order valence-corrected chi connectivity index (χ0v) is 17.7. The Morgan fingerprint density at radius 1 is 0.929 bits per heavy atom. The van der Waals surface area contributed by atoms with E-state index in [1.54, 1.807) is 0 Å². The molecule has 0 unspecified atom stereocenters. The van der Waals surface area contributed by atoms with E-state index in [0.29, 0.717) is 0 Å². The summed E-state index contributed by atoms with van der Waals surface area (Å²) in [6.45, 7) is 12.3. The highest BCUT2D eigenvalue weighted by Crippen LogP contribution is 2.52. The van der Waals surface area contributed by atoms with Crippen LogP contribution < -0.4 is 4.74 Å². The second-order valence-electron chi connectivity index (χ2n) is 9.01. The molecule has 0 spiro atoms. The van der Waals surface area contributed by atoms with Crippen LogP contribution in [0.4, 0.5) is 0 Å². The van der Waals surface area contributed by atoms with E-state index in [-0.39, 0.29) is 0 Å². The van der Waals surface area contributed by atoms with Crippen LogP contribution >= 0.6 is 0 Å². The molecule has 3 atom stereocenters. The van der Waals surface area contributed by atoms with Crippen LogP contribution in [0, 0.1) is 17.8 Å². The highest BCUT2D eigenvalue weighted by Gasteiger charge is 2.55. The van der Waals surface area contributed by atoms with Gasteiger partial charge in [0.05, 0.1) is 13.2 Å². The van der Waals surface area contributed by atoms with Crippen LogP contribution in [0.15, 0.2) is 24.3 Å². The average molecular weight is 387 g/mol. The van der Waals surface area contributed by atoms with Gasteiger partial charge in [0, 0.05) is 32.8 Å². The fourth-order valence-corrected chi connectivity index (χ4v) is 5.07. The number of ether oxygens (including phenoxy) is 2. The third kappa shape index (κ3) is 5.49. The molecule has 2 saturated heterocycles. The molecule has 4 heteroatoms. The Balaban J connectivity index is 1.07. The van der Waals surface area contributed by atoms with Crippen LogP contribution in [0.5, 0.6) is 5.75 Å². The summed E-state index contributed by atoms with van der Waals surface area (Å²) in [5.74, 6) is 3.59. The van der Waals surface area contributed by atoms with Crippen LogP contribution in [-0.2, 0) is 11.3 Å². The van der Waals surface area contributed by atoms with Gasteiger partial charge in [0.25, 0.3) is 0 Å². The van der Waals surface area contributed by atoms with Gasteiger partial charge in [0.2, 0.25) is 0 Å². The van der Waals surface area contributed by atoms with E-state index in [4.69, 9.17) is 9.47 Å². The molecule has 0 radical (unpaired) electrons. The van der Waals surface area contributed by atoms with Gasteiger partial charge in [-0.1, -0.05) is 25.5 Å². The number of likely N-dealkylation sites (tertiary alicyclic amines) is 2. The minimum Gasteiger partial charge on any atom is -0.494 e. The first kappa shape index (κ1) is 20.2. The average Bonchev–Trinajstić information content (AvgIpc) is 3.18. The molecule has 0 N–H and O–H groups in total. The van der Waals surface area contributed by atoms with Crippen LogP contribution in [0.25, 0.3) is 0 Å². The minimum absolute atomic E-state index is 0.802. The Morgan fingerprint density at radius 2 is 1.68 bits per heavy atom. The zero-order chi connectivity index (χ0) is 19.2. The predicted molar refractivity (Wildman–Crippen MR) is 114 cm³/mol. The SMILES string of the molecule is CCCOc1ccc(CN2C[C@@H]3[C@@H](COCCCN4CCCCC4)[C@@H]3C2)cc1. The number of hydrogen-bond donors (Lipinski definition) is 0. The van der Waals surface area contributed by atoms with Gasteiger partial charge in [-0.25, -0.2) is 0 Å². The molecule has 4 rings (SSSR count). The molecule has 1 saturated carbocycles. The number of piperidine rings is 2. The van der Waals surface area contributed by atoms with Crippen molar-refractivity contribution in [3.63, 3.8) is 0 Å². The van der Waals surface area contributed by atoms with Crippen molar-refractivity contribution in [2.75, 3.05) is 52.5 Å². The lowest BCUT2D eigenvalue weighted by Gasteiger charge is -2.26. The van der Waals surface area contributed by atoms with Crippen molar-refractivity contribution in [2.45, 2.75) is 45.6 Å². The maximum absolute atomic E-state index is 6.02. The summed E-state index contributed by atoms with van der Waals surface area (Å²) in [7, 11) is 0. The summed E-state index contributed by atoms with van der Waals surface area (Å²) < 4.78 is 11.7. The van der Waals surface area contributed by atoms with Crippen molar-refractivity contribution in [3.05, 3.63) is 29.8 Å². The molecular formula is C24H38N2O2. The normalized spacial score (nSPS) is 27.7. The number of hydrogen-bond acceptors (Lipinski definition) is 4. The van der Waals surface area contributed by atoms with Crippen molar-refractivity contribution < 1.29 is 9.47 Å². The lowest BCUT2D eigenvalue weighted by molar-refractivity contribution is 0.0967. The summed E-state index contributed by atoms with van der Waals surface area (Å²) in [5, 5.41) is 0. The smallest absolute Gasteiger partial charge is 0.119 e. The molecule has 28 heavy (non-hydrogen) atoms. The van der Waals surface area contributed by atoms with Gasteiger partial charge in [-0.15, -0.1) is 0 Å². The van der Waals surface area contributed by atoms with Gasteiger partial charge in [-0.2, -0.15) is 0 Å². The molecule has 3 aliphatic rings. The third-order valence-electron chi connectivity index (χ3n) is 6.77. The molecule has 1 aromatic rings. The van der Waals surface area contributed by atoms with Crippen molar-refractivity contribution in [1.29, 1.82) is 0 Å². The highest BCUT2D eigenvalue weighted by atomic mass is 16.5. The molecule has 2 heterocycles. The Hall–Kier alpha value is -1.10. The van der Waals surface area contributed by atoms with Crippen LogP contribution in [0.2, 0.25) is 0 Å². The lowest BCUT2D eigenvalue weighted by Crippen LogP contribution is -2.31. The lowest BCUT2D eigenvalue weighted by atomic mass is 10.1. The van der Waals surface area contributed by atoms with E-state index in [0.717, 1.165) is 56.3 Å². The van der Waals surface area contributed by atoms with E-state index < -0.39 is 0 Å². The van der Waals surface area contributed by atoms with Gasteiger partial charge in [-0.05, 0) is 74.2 Å². The fraction of sp³-hybridized carbons (Fsp3) is 0.750. The van der Waals surface area contributed by atoms with Gasteiger partial charge in [-0.3, -0.25) is 4.90 Å². The fourth-order valence-electron chi connectivity index (χ4n) is 5.07. The molecule has 4 nitrogen and oxygen atoms in total. The number of benzene rings is 1. The van der Waals surface area contributed by atoms with E-state index in [9.17, 15) is 0 Å². The standard InChI is InChI=1S/C24H38N2O2/c1-2-14-28-21-9-7-20(8-10-21)16-26-17-22-23(18-26)24(22)19-27-15-6-13-25-11-4-3-5-12-25/h7-10,22-24H,2-6,11-19H2,1H3/t22-,23+,24+. The molecule has 0 bridgehead atoms. The minimum atomic E-state index is 0.802. The second kappa shape index (κ2) is 10.1. The third-order valence-corrected chi connectivity index (χ3v) is 6.77. The Bertz CT molecular complexity index is 573. The summed E-state index contributed by atoms with van der Waals surface area (Å²) in [4.78, 5) is 5.23. The molecule has 0 aromatic heterocycles. The van der Waals surface area contributed by atoms with Crippen molar-refractivity contribution in [3.8, 4) is 5.75 Å². The molecule has 1 aliphatic carbocycles. The summed E-state index contributed by atoms with van der Waals surface area (Å²) in [6.07, 6.45) is 6.46. The van der Waals surface area contributed by atoms with Crippen molar-refractivity contribution >= 4 is 0 Å². The van der Waals surface area contributed by atoms with Gasteiger partial charge in [0.1, 0.15) is 5.75 Å². The predicted octanol–water partition coefficient (Wildman–Crippen LogP) is 4.05. The molecular weight excluding hydrogens is 348 g/mol. The number of rotatable bonds is 11. The van der Waals surface area contributed by atoms with Gasteiger partial charge < -0.3 is 14.4 Å². The van der Waals surface area contributed by atoms with Crippen molar-refractivity contribution in [2.24, 2.45) is 17.8 Å². The van der Waals surface area contributed by atoms with Gasteiger partial charge in [0.15, 0.2) is 0 Å². The maximum Gasteiger partial charge on any atom is 0.119 e. The van der Waals surface area contributed by atoms with Crippen LogP contribution in [0.1, 0.15) is 44.6 Å². The molecule has 156 valence electrons. The van der Waals surface area contributed by atoms with Gasteiger partial charge >= 0.3 is 0 Å². The quantitative estimate of drug-likeness (QED) is 0.536. The first-order valence-electron chi connectivity index (χ1n) is 11.6. The summed E-state index contributed by atoms with van der Waals surface area (Å²) in [5.41, 5.74) is 1.40. The number of nitrogens with zero attached hydrogens (tertiary/aromatic N) is 2.